The average Bonchev–Trinajstić information content (AvgIpc) is 3.10. The van der Waals surface area contributed by atoms with Crippen LogP contribution in [0.4, 0.5) is 26.3 Å². The number of hydrogen-bond donors (Lipinski definition) is 0. The van der Waals surface area contributed by atoms with Crippen molar-refractivity contribution in [1.29, 1.82) is 0 Å². The molecule has 18 heteroatoms. The minimum Gasteiger partial charge on any atom is -0.406 e. The van der Waals surface area contributed by atoms with Gasteiger partial charge in [0.15, 0.2) is 0 Å². The molecule has 302 valence electrons. The van der Waals surface area contributed by atoms with E-state index in [4.69, 9.17) is 0 Å². The SMILES string of the molecule is Cc1c(-c2ccc(-c3ccc(-c4c(I)cc(OC(F)(F)F)cc4I)c(I)c3I)c(I)c2I)ccc(-c2ccc(-c3c(I)cc(OC(F)(F)F)cc3I)c(C)c2I)c1I. The fourth-order valence-electron chi connectivity index (χ4n) is 6.26. The molecular formula is C40H18F6I10O2. The Morgan fingerprint density at radius 3 is 0.948 bits per heavy atom. The van der Waals surface area contributed by atoms with Gasteiger partial charge in [0.2, 0.25) is 0 Å². The van der Waals surface area contributed by atoms with Gasteiger partial charge in [-0.1, -0.05) is 48.5 Å². The predicted octanol–water partition coefficient (Wildman–Crippen LogP) is 18.5. The zero-order chi connectivity index (χ0) is 42.8. The van der Waals surface area contributed by atoms with Gasteiger partial charge in [-0.25, -0.2) is 0 Å². The third-order valence-corrected chi connectivity index (χ3v) is 21.6. The summed E-state index contributed by atoms with van der Waals surface area (Å²) in [7, 11) is 0. The van der Waals surface area contributed by atoms with Gasteiger partial charge in [0.05, 0.1) is 0 Å². The van der Waals surface area contributed by atoms with Crippen LogP contribution in [-0.2, 0) is 0 Å². The molecule has 0 heterocycles. The molecule has 0 radical (unpaired) electrons. The molecule has 0 bridgehead atoms. The van der Waals surface area contributed by atoms with Gasteiger partial charge in [-0.05, 0) is 320 Å². The first-order chi connectivity index (χ1) is 27.0. The molecule has 6 rings (SSSR count). The van der Waals surface area contributed by atoms with Gasteiger partial charge in [0.25, 0.3) is 0 Å². The Labute approximate surface area is 466 Å². The molecular weight excluding hydrogens is 1900 g/mol. The van der Waals surface area contributed by atoms with Crippen LogP contribution in [0, 0.1) is 49.5 Å². The molecule has 0 atom stereocenters. The summed E-state index contributed by atoms with van der Waals surface area (Å²) in [6.07, 6.45) is -9.53. The van der Waals surface area contributed by atoms with Crippen LogP contribution in [0.5, 0.6) is 11.5 Å². The highest BCUT2D eigenvalue weighted by atomic mass is 127. The molecule has 0 saturated heterocycles. The summed E-state index contributed by atoms with van der Waals surface area (Å²) in [6.45, 7) is 4.17. The van der Waals surface area contributed by atoms with E-state index < -0.39 is 12.7 Å². The largest absolute Gasteiger partial charge is 0.573 e. The number of benzene rings is 6. The fraction of sp³-hybridized carbons (Fsp3) is 0.100. The molecule has 0 saturated carbocycles. The highest BCUT2D eigenvalue weighted by Crippen LogP contribution is 2.46. The van der Waals surface area contributed by atoms with Gasteiger partial charge in [-0.2, -0.15) is 0 Å². The molecule has 0 spiro atoms. The zero-order valence-corrected chi connectivity index (χ0v) is 50.4. The zero-order valence-electron chi connectivity index (χ0n) is 28.8. The van der Waals surface area contributed by atoms with Crippen molar-refractivity contribution in [2.45, 2.75) is 26.6 Å². The second kappa shape index (κ2) is 19.7. The Hall–Kier alpha value is 1.80. The van der Waals surface area contributed by atoms with E-state index in [1.807, 2.05) is 19.1 Å². The lowest BCUT2D eigenvalue weighted by Gasteiger charge is -2.20. The van der Waals surface area contributed by atoms with Crippen LogP contribution >= 0.6 is 226 Å². The standard InChI is InChI=1S/C40H18F6I10O2/c1-15-19(3-5-22(33(15)51)23-6-4-20(16(2)34(23)52)31-27(47)11-17(12-28(31)48)57-39(41,42)43)21-7-8-24(36(54)35(21)53)25-9-10-26(38(56)37(25)55)32-29(49)13-18(14-30(32)50)58-40(44,45)46/h3-14H,1-2H3. The molecule has 0 unspecified atom stereocenters. The summed E-state index contributed by atoms with van der Waals surface area (Å²) in [5, 5.41) is 0. The molecule has 6 aromatic carbocycles. The molecule has 0 aliphatic rings. The highest BCUT2D eigenvalue weighted by Gasteiger charge is 2.33. The van der Waals surface area contributed by atoms with Gasteiger partial charge in [0.1, 0.15) is 11.5 Å². The first-order valence-corrected chi connectivity index (χ1v) is 26.8. The Kier molecular flexibility index (Phi) is 16.7. The van der Waals surface area contributed by atoms with Crippen LogP contribution < -0.4 is 9.47 Å². The number of rotatable bonds is 7. The number of alkyl halides is 6. The summed E-state index contributed by atoms with van der Waals surface area (Å²) in [4.78, 5) is 0. The molecule has 0 amide bonds. The Morgan fingerprint density at radius 2 is 0.586 bits per heavy atom. The lowest BCUT2D eigenvalue weighted by molar-refractivity contribution is -0.275. The van der Waals surface area contributed by atoms with Gasteiger partial charge >= 0.3 is 12.7 Å². The van der Waals surface area contributed by atoms with E-state index in [2.05, 4.69) is 279 Å². The summed E-state index contributed by atoms with van der Waals surface area (Å²) in [5.74, 6) is -0.484. The summed E-state index contributed by atoms with van der Waals surface area (Å²) in [6, 6.07) is 22.5. The van der Waals surface area contributed by atoms with Gasteiger partial charge in [-0.3, -0.25) is 0 Å². The average molecular weight is 1910 g/mol. The first kappa shape index (κ1) is 49.2. The van der Waals surface area contributed by atoms with Crippen LogP contribution in [0.3, 0.4) is 0 Å². The topological polar surface area (TPSA) is 18.5 Å². The van der Waals surface area contributed by atoms with Crippen molar-refractivity contribution in [2.75, 3.05) is 0 Å². The second-order valence-electron chi connectivity index (χ2n) is 12.4. The molecule has 2 nitrogen and oxygen atoms in total. The molecule has 0 N–H and O–H groups in total. The number of hydrogen-bond acceptors (Lipinski definition) is 2. The number of halogens is 16. The Bertz CT molecular complexity index is 2420. The lowest BCUT2D eigenvalue weighted by Crippen LogP contribution is -2.17. The maximum atomic E-state index is 12.9. The molecule has 0 fully saturated rings. The van der Waals surface area contributed by atoms with Crippen molar-refractivity contribution < 1.29 is 35.8 Å². The van der Waals surface area contributed by atoms with E-state index in [0.717, 1.165) is 88.2 Å². The maximum absolute atomic E-state index is 12.9. The highest BCUT2D eigenvalue weighted by molar-refractivity contribution is 14.1. The summed E-state index contributed by atoms with van der Waals surface area (Å²) < 4.78 is 95.1. The van der Waals surface area contributed by atoms with Crippen molar-refractivity contribution in [3.8, 4) is 67.1 Å². The van der Waals surface area contributed by atoms with E-state index in [1.54, 1.807) is 0 Å². The van der Waals surface area contributed by atoms with Gasteiger partial charge in [0, 0.05) is 46.8 Å². The smallest absolute Gasteiger partial charge is 0.406 e. The number of ether oxygens (including phenoxy) is 2. The first-order valence-electron chi connectivity index (χ1n) is 16.0. The molecule has 0 aliphatic heterocycles. The molecule has 0 aliphatic carbocycles. The molecule has 0 aromatic heterocycles. The van der Waals surface area contributed by atoms with Crippen LogP contribution in [0.2, 0.25) is 0 Å². The second-order valence-corrected chi connectivity index (χ2v) is 23.5. The predicted molar refractivity (Wildman–Crippen MR) is 304 cm³/mol. The Morgan fingerprint density at radius 1 is 0.345 bits per heavy atom. The van der Waals surface area contributed by atoms with Crippen molar-refractivity contribution >= 4 is 226 Å². The van der Waals surface area contributed by atoms with Crippen molar-refractivity contribution in [1.82, 2.24) is 0 Å². The van der Waals surface area contributed by atoms with Crippen LogP contribution in [0.15, 0.2) is 72.8 Å². The maximum Gasteiger partial charge on any atom is 0.573 e. The van der Waals surface area contributed by atoms with E-state index in [0.29, 0.717) is 14.3 Å². The quantitative estimate of drug-likeness (QED) is 0.117. The Balaban J connectivity index is 1.33. The van der Waals surface area contributed by atoms with E-state index in [9.17, 15) is 26.3 Å². The molecule has 58 heavy (non-hydrogen) atoms. The third kappa shape index (κ3) is 10.7. The summed E-state index contributed by atoms with van der Waals surface area (Å²) in [5.41, 5.74) is 12.3. The third-order valence-electron chi connectivity index (χ3n) is 8.84. The van der Waals surface area contributed by atoms with E-state index >= 15 is 0 Å². The van der Waals surface area contributed by atoms with Gasteiger partial charge < -0.3 is 9.47 Å². The van der Waals surface area contributed by atoms with E-state index in [1.165, 1.54) is 24.3 Å². The fourth-order valence-corrected chi connectivity index (χ4v) is 15.4. The lowest BCUT2D eigenvalue weighted by atomic mass is 9.92. The van der Waals surface area contributed by atoms with Crippen LogP contribution in [0.1, 0.15) is 11.1 Å². The van der Waals surface area contributed by atoms with Crippen molar-refractivity contribution in [2.24, 2.45) is 0 Å². The van der Waals surface area contributed by atoms with E-state index in [-0.39, 0.29) is 11.5 Å². The van der Waals surface area contributed by atoms with Gasteiger partial charge in [-0.15, -0.1) is 26.3 Å². The van der Waals surface area contributed by atoms with Crippen molar-refractivity contribution in [3.05, 3.63) is 120 Å². The monoisotopic (exact) mass is 1910 g/mol. The summed E-state index contributed by atoms with van der Waals surface area (Å²) >= 11 is 22.6. The van der Waals surface area contributed by atoms with Crippen LogP contribution in [-0.4, -0.2) is 12.7 Å². The minimum absolute atomic E-state index is 0.241. The minimum atomic E-state index is -4.77. The normalized spacial score (nSPS) is 12.0. The molecule has 6 aromatic rings. The van der Waals surface area contributed by atoms with Crippen molar-refractivity contribution in [3.63, 3.8) is 0 Å². The van der Waals surface area contributed by atoms with Crippen LogP contribution in [0.25, 0.3) is 55.6 Å².